The van der Waals surface area contributed by atoms with Gasteiger partial charge in [0.15, 0.2) is 0 Å². The van der Waals surface area contributed by atoms with E-state index in [9.17, 15) is 4.39 Å². The van der Waals surface area contributed by atoms with Gasteiger partial charge in [0.05, 0.1) is 24.9 Å². The van der Waals surface area contributed by atoms with Crippen molar-refractivity contribution in [2.45, 2.75) is 31.8 Å². The number of hydrogen-bond donors (Lipinski definition) is 2. The van der Waals surface area contributed by atoms with Crippen molar-refractivity contribution < 1.29 is 9.13 Å². The number of rotatable bonds is 1. The van der Waals surface area contributed by atoms with E-state index in [1.807, 2.05) is 32.2 Å². The Morgan fingerprint density at radius 2 is 2.10 bits per heavy atom. The molecule has 1 saturated heterocycles. The largest absolute Gasteiger partial charge is 0.377 e. The van der Waals surface area contributed by atoms with Crippen molar-refractivity contribution in [3.05, 3.63) is 52.1 Å². The third-order valence-electron chi connectivity index (χ3n) is 4.65. The summed E-state index contributed by atoms with van der Waals surface area (Å²) in [5.74, 6) is -0.133. The molecule has 0 aliphatic carbocycles. The van der Waals surface area contributed by atoms with Gasteiger partial charge < -0.3 is 4.74 Å². The van der Waals surface area contributed by atoms with Gasteiger partial charge >= 0.3 is 0 Å². The molecule has 2 bridgehead atoms. The molecule has 4 rings (SSSR count). The second-order valence-corrected chi connectivity index (χ2v) is 6.15. The summed E-state index contributed by atoms with van der Waals surface area (Å²) in [6.07, 6.45) is 2.75. The Hall–Kier alpha value is -1.72. The number of ether oxygens (including phenoxy) is 1. The van der Waals surface area contributed by atoms with Crippen LogP contribution in [0.2, 0.25) is 0 Å². The number of halogens is 1. The van der Waals surface area contributed by atoms with Crippen molar-refractivity contribution in [2.75, 3.05) is 13.2 Å². The SMILES string of the molecule is Cc1cc(C23COCC(Cc4[nH]ncc42)N3)cc(C)c1F. The van der Waals surface area contributed by atoms with Gasteiger partial charge in [-0.25, -0.2) is 4.39 Å². The molecule has 3 heterocycles. The highest BCUT2D eigenvalue weighted by molar-refractivity contribution is 5.46. The van der Waals surface area contributed by atoms with Gasteiger partial charge in [-0.1, -0.05) is 12.1 Å². The second-order valence-electron chi connectivity index (χ2n) is 6.15. The quantitative estimate of drug-likeness (QED) is 0.843. The molecule has 4 nitrogen and oxygen atoms in total. The normalized spacial score (nSPS) is 27.5. The molecule has 1 fully saturated rings. The summed E-state index contributed by atoms with van der Waals surface area (Å²) < 4.78 is 19.8. The minimum atomic E-state index is -0.424. The number of hydrogen-bond acceptors (Lipinski definition) is 3. The second kappa shape index (κ2) is 4.39. The van der Waals surface area contributed by atoms with Crippen molar-refractivity contribution in [2.24, 2.45) is 0 Å². The molecule has 0 amide bonds. The smallest absolute Gasteiger partial charge is 0.129 e. The molecule has 5 heteroatoms. The molecule has 1 aromatic carbocycles. The van der Waals surface area contributed by atoms with E-state index in [-0.39, 0.29) is 11.9 Å². The third kappa shape index (κ3) is 1.77. The Morgan fingerprint density at radius 3 is 2.86 bits per heavy atom. The molecule has 2 aliphatic heterocycles. The maximum absolute atomic E-state index is 14.0. The first-order valence-electron chi connectivity index (χ1n) is 7.25. The molecule has 1 aromatic heterocycles. The van der Waals surface area contributed by atoms with Crippen LogP contribution in [0, 0.1) is 19.7 Å². The fourth-order valence-electron chi connectivity index (χ4n) is 3.65. The fraction of sp³-hybridized carbons (Fsp3) is 0.438. The number of nitrogens with zero attached hydrogens (tertiary/aromatic N) is 1. The summed E-state index contributed by atoms with van der Waals surface area (Å²) in [5.41, 5.74) is 4.22. The van der Waals surface area contributed by atoms with Crippen molar-refractivity contribution in [3.8, 4) is 0 Å². The van der Waals surface area contributed by atoms with Crippen molar-refractivity contribution in [1.82, 2.24) is 15.5 Å². The third-order valence-corrected chi connectivity index (χ3v) is 4.65. The molecule has 0 saturated carbocycles. The van der Waals surface area contributed by atoms with Crippen molar-refractivity contribution in [1.29, 1.82) is 0 Å². The molecular formula is C16H18FN3O. The van der Waals surface area contributed by atoms with E-state index in [0.29, 0.717) is 24.3 Å². The average Bonchev–Trinajstić information content (AvgIpc) is 2.93. The lowest BCUT2D eigenvalue weighted by molar-refractivity contribution is 0.00538. The lowest BCUT2D eigenvalue weighted by Gasteiger charge is -2.46. The maximum atomic E-state index is 14.0. The highest BCUT2D eigenvalue weighted by Crippen LogP contribution is 2.39. The van der Waals surface area contributed by atoms with Crippen LogP contribution >= 0.6 is 0 Å². The predicted octanol–water partition coefficient (Wildman–Crippen LogP) is 1.95. The van der Waals surface area contributed by atoms with Crippen molar-refractivity contribution >= 4 is 0 Å². The molecule has 21 heavy (non-hydrogen) atoms. The van der Waals surface area contributed by atoms with Gasteiger partial charge in [0.2, 0.25) is 0 Å². The van der Waals surface area contributed by atoms with Crippen LogP contribution in [0.25, 0.3) is 0 Å². The van der Waals surface area contributed by atoms with Crippen molar-refractivity contribution in [3.63, 3.8) is 0 Å². The number of aromatic nitrogens is 2. The number of morpholine rings is 1. The number of benzene rings is 1. The topological polar surface area (TPSA) is 49.9 Å². The van der Waals surface area contributed by atoms with Gasteiger partial charge in [0.1, 0.15) is 5.82 Å². The van der Waals surface area contributed by atoms with Gasteiger partial charge in [0, 0.05) is 23.7 Å². The lowest BCUT2D eigenvalue weighted by Crippen LogP contribution is -2.61. The van der Waals surface area contributed by atoms with E-state index < -0.39 is 5.54 Å². The first kappa shape index (κ1) is 13.0. The number of H-pyrrole nitrogens is 1. The van der Waals surface area contributed by atoms with Gasteiger partial charge in [-0.05, 0) is 30.5 Å². The first-order valence-corrected chi connectivity index (χ1v) is 7.25. The Bertz CT molecular complexity index is 688. The van der Waals surface area contributed by atoms with Crippen LogP contribution in [0.4, 0.5) is 4.39 Å². The summed E-state index contributed by atoms with van der Waals surface area (Å²) in [6, 6.07) is 4.10. The molecular weight excluding hydrogens is 269 g/mol. The lowest BCUT2D eigenvalue weighted by atomic mass is 9.77. The van der Waals surface area contributed by atoms with Crippen LogP contribution in [-0.4, -0.2) is 29.5 Å². The standard InChI is InChI=1S/C16H18FN3O/c1-9-3-11(4-10(2)15(9)17)16-8-21-7-12(19-16)5-14-13(16)6-18-20-14/h3-4,6,12,19H,5,7-8H2,1-2H3,(H,18,20). The minimum Gasteiger partial charge on any atom is -0.377 e. The van der Waals surface area contributed by atoms with Crippen LogP contribution in [0.15, 0.2) is 18.3 Å². The Kier molecular flexibility index (Phi) is 2.71. The summed E-state index contributed by atoms with van der Waals surface area (Å²) in [4.78, 5) is 0. The van der Waals surface area contributed by atoms with Crippen LogP contribution in [0.3, 0.4) is 0 Å². The molecule has 2 N–H and O–H groups in total. The Labute approximate surface area is 122 Å². The fourth-order valence-corrected chi connectivity index (χ4v) is 3.65. The van der Waals surface area contributed by atoms with Crippen LogP contribution in [-0.2, 0) is 16.7 Å². The molecule has 0 spiro atoms. The predicted molar refractivity (Wildman–Crippen MR) is 76.7 cm³/mol. The highest BCUT2D eigenvalue weighted by atomic mass is 19.1. The summed E-state index contributed by atoms with van der Waals surface area (Å²) in [6.45, 7) is 4.85. The molecule has 2 aromatic rings. The molecule has 2 aliphatic rings. The molecule has 0 radical (unpaired) electrons. The monoisotopic (exact) mass is 287 g/mol. The van der Waals surface area contributed by atoms with E-state index in [4.69, 9.17) is 4.74 Å². The van der Waals surface area contributed by atoms with E-state index in [0.717, 1.165) is 23.2 Å². The highest BCUT2D eigenvalue weighted by Gasteiger charge is 2.46. The zero-order chi connectivity index (χ0) is 14.6. The van der Waals surface area contributed by atoms with E-state index in [1.54, 1.807) is 0 Å². The van der Waals surface area contributed by atoms with Gasteiger partial charge in [-0.15, -0.1) is 0 Å². The van der Waals surface area contributed by atoms with Gasteiger partial charge in [0.25, 0.3) is 0 Å². The minimum absolute atomic E-state index is 0.133. The van der Waals surface area contributed by atoms with Crippen LogP contribution < -0.4 is 5.32 Å². The van der Waals surface area contributed by atoms with Gasteiger partial charge in [-0.2, -0.15) is 5.10 Å². The Balaban J connectivity index is 1.94. The molecule has 2 atom stereocenters. The molecule has 110 valence electrons. The van der Waals surface area contributed by atoms with E-state index in [2.05, 4.69) is 15.5 Å². The average molecular weight is 287 g/mol. The zero-order valence-corrected chi connectivity index (χ0v) is 12.2. The summed E-state index contributed by atoms with van der Waals surface area (Å²) in [5, 5.41) is 11.0. The number of aryl methyl sites for hydroxylation is 2. The first-order chi connectivity index (χ1) is 10.1. The zero-order valence-electron chi connectivity index (χ0n) is 12.2. The van der Waals surface area contributed by atoms with E-state index in [1.165, 1.54) is 0 Å². The Morgan fingerprint density at radius 1 is 1.33 bits per heavy atom. The summed E-state index contributed by atoms with van der Waals surface area (Å²) in [7, 11) is 0. The molecule has 2 unspecified atom stereocenters. The number of fused-ring (bicyclic) bond motifs is 4. The number of nitrogens with one attached hydrogen (secondary N) is 2. The number of aromatic amines is 1. The van der Waals surface area contributed by atoms with Crippen LogP contribution in [0.1, 0.15) is 27.9 Å². The van der Waals surface area contributed by atoms with Gasteiger partial charge in [-0.3, -0.25) is 10.4 Å². The maximum Gasteiger partial charge on any atom is 0.129 e. The summed E-state index contributed by atoms with van der Waals surface area (Å²) >= 11 is 0. The van der Waals surface area contributed by atoms with Crippen LogP contribution in [0.5, 0.6) is 0 Å². The van der Waals surface area contributed by atoms with E-state index >= 15 is 0 Å².